The smallest absolute Gasteiger partial charge is 0.252 e. The summed E-state index contributed by atoms with van der Waals surface area (Å²) in [6.45, 7) is 6.82. The van der Waals surface area contributed by atoms with Gasteiger partial charge in [-0.2, -0.15) is 0 Å². The molecule has 1 saturated heterocycles. The summed E-state index contributed by atoms with van der Waals surface area (Å²) in [6, 6.07) is 16.3. The number of hydrogen-bond donors (Lipinski definition) is 1. The van der Waals surface area contributed by atoms with Crippen molar-refractivity contribution in [2.45, 2.75) is 77.7 Å². The minimum Gasteiger partial charge on any atom is -0.497 e. The Morgan fingerprint density at radius 3 is 2.67 bits per heavy atom. The van der Waals surface area contributed by atoms with Crippen LogP contribution < -0.4 is 10.3 Å². The number of ether oxygens (including phenoxy) is 2. The van der Waals surface area contributed by atoms with Gasteiger partial charge < -0.3 is 14.5 Å². The second kappa shape index (κ2) is 12.5. The monoisotopic (exact) mass is 530 g/mol. The van der Waals surface area contributed by atoms with Gasteiger partial charge in [0.2, 0.25) is 0 Å². The molecule has 1 aliphatic rings. The largest absolute Gasteiger partial charge is 0.497 e. The summed E-state index contributed by atoms with van der Waals surface area (Å²) in [5.74, 6) is 1.62. The number of aromatic nitrogens is 5. The Morgan fingerprint density at radius 1 is 1.13 bits per heavy atom. The molecule has 1 fully saturated rings. The fraction of sp³-hybridized carbons (Fsp3) is 0.467. The Hall–Kier alpha value is -3.56. The number of aromatic amines is 1. The number of fused-ring (bicyclic) bond motifs is 1. The van der Waals surface area contributed by atoms with Gasteiger partial charge in [0.15, 0.2) is 5.82 Å². The summed E-state index contributed by atoms with van der Waals surface area (Å²) in [7, 11) is 1.67. The highest BCUT2D eigenvalue weighted by Crippen LogP contribution is 2.29. The third-order valence-corrected chi connectivity index (χ3v) is 7.57. The number of rotatable bonds is 12. The summed E-state index contributed by atoms with van der Waals surface area (Å²) >= 11 is 0. The summed E-state index contributed by atoms with van der Waals surface area (Å²) < 4.78 is 13.1. The summed E-state index contributed by atoms with van der Waals surface area (Å²) in [6.07, 6.45) is 4.95. The van der Waals surface area contributed by atoms with Crippen molar-refractivity contribution in [1.29, 1.82) is 0 Å². The van der Waals surface area contributed by atoms with E-state index in [-0.39, 0.29) is 17.7 Å². The molecular weight excluding hydrogens is 492 g/mol. The number of methoxy groups -OCH3 is 1. The van der Waals surface area contributed by atoms with Crippen LogP contribution in [0.5, 0.6) is 5.75 Å². The third kappa shape index (κ3) is 6.37. The van der Waals surface area contributed by atoms with Crippen LogP contribution in [0, 0.1) is 0 Å². The fourth-order valence-corrected chi connectivity index (χ4v) is 5.41. The van der Waals surface area contributed by atoms with Gasteiger partial charge in [-0.25, -0.2) is 4.68 Å². The highest BCUT2D eigenvalue weighted by atomic mass is 16.5. The molecule has 1 N–H and O–H groups in total. The number of tetrazole rings is 1. The molecule has 0 radical (unpaired) electrons. The number of aryl methyl sites for hydroxylation is 1. The molecule has 2 aromatic carbocycles. The molecule has 9 nitrogen and oxygen atoms in total. The van der Waals surface area contributed by atoms with Crippen molar-refractivity contribution < 1.29 is 9.47 Å². The van der Waals surface area contributed by atoms with Crippen LogP contribution in [-0.2, 0) is 30.8 Å². The van der Waals surface area contributed by atoms with E-state index in [2.05, 4.69) is 63.5 Å². The standard InChI is InChI=1S/C30H38N6O3/c1-4-7-28(29-32-33-34-36(29)20-26-8-6-15-39-26)35(18-22-9-12-25(38-3)13-10-22)19-24-17-23-16-21(5-2)11-14-27(23)31-30(24)37/h9-14,16-17,26,28H,4-8,15,18-20H2,1-3H3,(H,31,37)/t26-,28-/m1/s1. The molecule has 0 amide bonds. The maximum Gasteiger partial charge on any atom is 0.252 e. The van der Waals surface area contributed by atoms with Crippen molar-refractivity contribution in [3.05, 3.63) is 81.4 Å². The molecule has 2 atom stereocenters. The molecule has 206 valence electrons. The zero-order valence-electron chi connectivity index (χ0n) is 23.1. The lowest BCUT2D eigenvalue weighted by Crippen LogP contribution is -2.33. The maximum absolute atomic E-state index is 13.3. The molecule has 39 heavy (non-hydrogen) atoms. The molecule has 0 unspecified atom stereocenters. The van der Waals surface area contributed by atoms with Crippen LogP contribution in [0.25, 0.3) is 10.9 Å². The average Bonchev–Trinajstić information content (AvgIpc) is 3.64. The molecule has 0 saturated carbocycles. The first-order valence-electron chi connectivity index (χ1n) is 14.0. The van der Waals surface area contributed by atoms with Crippen molar-refractivity contribution >= 4 is 10.9 Å². The minimum atomic E-state index is -0.0782. The van der Waals surface area contributed by atoms with Gasteiger partial charge in [0, 0.05) is 30.8 Å². The maximum atomic E-state index is 13.3. The van der Waals surface area contributed by atoms with Crippen molar-refractivity contribution in [3.63, 3.8) is 0 Å². The second-order valence-electron chi connectivity index (χ2n) is 10.3. The zero-order chi connectivity index (χ0) is 27.2. The van der Waals surface area contributed by atoms with Gasteiger partial charge in [-0.1, -0.05) is 38.5 Å². The van der Waals surface area contributed by atoms with Gasteiger partial charge in [0.25, 0.3) is 5.56 Å². The van der Waals surface area contributed by atoms with Crippen LogP contribution in [0.1, 0.15) is 68.1 Å². The van der Waals surface area contributed by atoms with Gasteiger partial charge in [-0.3, -0.25) is 9.69 Å². The second-order valence-corrected chi connectivity index (χ2v) is 10.3. The Morgan fingerprint density at radius 2 is 1.95 bits per heavy atom. The molecule has 0 aliphatic carbocycles. The molecule has 0 spiro atoms. The van der Waals surface area contributed by atoms with Gasteiger partial charge in [-0.15, -0.1) is 5.10 Å². The first kappa shape index (κ1) is 27.0. The van der Waals surface area contributed by atoms with E-state index in [1.165, 1.54) is 5.56 Å². The molecule has 5 rings (SSSR count). The summed E-state index contributed by atoms with van der Waals surface area (Å²) in [5.41, 5.74) is 3.88. The van der Waals surface area contributed by atoms with E-state index in [1.54, 1.807) is 7.11 Å². The first-order valence-corrected chi connectivity index (χ1v) is 14.0. The Balaban J connectivity index is 1.52. The molecule has 2 aromatic heterocycles. The van der Waals surface area contributed by atoms with Crippen LogP contribution >= 0.6 is 0 Å². The van der Waals surface area contributed by atoms with Gasteiger partial charge in [0.05, 0.1) is 25.8 Å². The van der Waals surface area contributed by atoms with E-state index < -0.39 is 0 Å². The van der Waals surface area contributed by atoms with Crippen LogP contribution in [0.15, 0.2) is 53.3 Å². The van der Waals surface area contributed by atoms with Crippen molar-refractivity contribution in [3.8, 4) is 5.75 Å². The van der Waals surface area contributed by atoms with E-state index >= 15 is 0 Å². The minimum absolute atomic E-state index is 0.0688. The van der Waals surface area contributed by atoms with Crippen LogP contribution in [0.4, 0.5) is 0 Å². The Kier molecular flexibility index (Phi) is 8.68. The van der Waals surface area contributed by atoms with E-state index in [4.69, 9.17) is 9.47 Å². The normalized spacial score (nSPS) is 16.3. The van der Waals surface area contributed by atoms with Gasteiger partial charge in [-0.05, 0) is 83.0 Å². The predicted molar refractivity (Wildman–Crippen MR) is 151 cm³/mol. The summed E-state index contributed by atoms with van der Waals surface area (Å²) in [4.78, 5) is 18.7. The van der Waals surface area contributed by atoms with Crippen molar-refractivity contribution in [1.82, 2.24) is 30.1 Å². The quantitative estimate of drug-likeness (QED) is 0.281. The number of H-pyrrole nitrogens is 1. The zero-order valence-corrected chi connectivity index (χ0v) is 23.1. The SMILES string of the molecule is CCC[C@H](c1nnnn1C[C@H]1CCCO1)N(Cc1ccc(OC)cc1)Cc1cc2cc(CC)ccc2[nH]c1=O. The van der Waals surface area contributed by atoms with Gasteiger partial charge >= 0.3 is 0 Å². The van der Waals surface area contributed by atoms with E-state index in [1.807, 2.05) is 28.9 Å². The van der Waals surface area contributed by atoms with Gasteiger partial charge in [0.1, 0.15) is 5.75 Å². The molecule has 9 heteroatoms. The first-order chi connectivity index (χ1) is 19.1. The number of hydrogen-bond acceptors (Lipinski definition) is 7. The molecule has 3 heterocycles. The topological polar surface area (TPSA) is 98.2 Å². The van der Waals surface area contributed by atoms with E-state index in [9.17, 15) is 4.79 Å². The molecule has 0 bridgehead atoms. The highest BCUT2D eigenvalue weighted by Gasteiger charge is 2.28. The lowest BCUT2D eigenvalue weighted by molar-refractivity contribution is 0.0885. The van der Waals surface area contributed by atoms with Crippen LogP contribution in [0.3, 0.4) is 0 Å². The fourth-order valence-electron chi connectivity index (χ4n) is 5.41. The van der Waals surface area contributed by atoms with Crippen molar-refractivity contribution in [2.75, 3.05) is 13.7 Å². The highest BCUT2D eigenvalue weighted by molar-refractivity contribution is 5.79. The Labute approximate surface area is 229 Å². The molecule has 4 aromatic rings. The lowest BCUT2D eigenvalue weighted by Gasteiger charge is -2.31. The Bertz CT molecular complexity index is 1420. The molecule has 1 aliphatic heterocycles. The summed E-state index contributed by atoms with van der Waals surface area (Å²) in [5, 5.41) is 14.0. The van der Waals surface area contributed by atoms with Crippen molar-refractivity contribution in [2.24, 2.45) is 0 Å². The number of nitrogens with zero attached hydrogens (tertiary/aromatic N) is 5. The predicted octanol–water partition coefficient (Wildman–Crippen LogP) is 4.81. The number of pyridine rings is 1. The van der Waals surface area contributed by atoms with Crippen LogP contribution in [-0.4, -0.2) is 49.9 Å². The molecular formula is C30H38N6O3. The number of nitrogens with one attached hydrogen (secondary N) is 1. The van der Waals surface area contributed by atoms with E-state index in [0.29, 0.717) is 19.6 Å². The van der Waals surface area contributed by atoms with Crippen LogP contribution in [0.2, 0.25) is 0 Å². The van der Waals surface area contributed by atoms with E-state index in [0.717, 1.165) is 72.3 Å². The average molecular weight is 531 g/mol. The third-order valence-electron chi connectivity index (χ3n) is 7.57. The number of benzene rings is 2. The lowest BCUT2D eigenvalue weighted by atomic mass is 10.0.